The fourth-order valence-corrected chi connectivity index (χ4v) is 1.77. The average molecular weight is 285 g/mol. The van der Waals surface area contributed by atoms with Crippen LogP contribution in [0.3, 0.4) is 0 Å². The van der Waals surface area contributed by atoms with Gasteiger partial charge in [0, 0.05) is 36.1 Å². The molecule has 0 unspecified atom stereocenters. The zero-order valence-electron chi connectivity index (χ0n) is 11.7. The second-order valence-electron chi connectivity index (χ2n) is 4.58. The van der Waals surface area contributed by atoms with Crippen molar-refractivity contribution in [2.24, 2.45) is 12.2 Å². The number of amides is 1. The standard InChI is InChI=1S/C15H15N3O3/c1-10(17-21)11-4-3-5-13(8-11)16-15(20)12-6-7-18(2)14(19)9-12/h3-9,21H,1-2H3,(H,16,20)/b17-10-. The third-order valence-corrected chi connectivity index (χ3v) is 3.05. The van der Waals surface area contributed by atoms with Gasteiger partial charge >= 0.3 is 0 Å². The molecule has 1 heterocycles. The first-order valence-electron chi connectivity index (χ1n) is 6.28. The number of aryl methyl sites for hydroxylation is 1. The second kappa shape index (κ2) is 6.04. The number of carbonyl (C=O) groups is 1. The molecule has 0 saturated heterocycles. The Bertz CT molecular complexity index is 763. The number of rotatable bonds is 3. The highest BCUT2D eigenvalue weighted by Crippen LogP contribution is 2.12. The van der Waals surface area contributed by atoms with Crippen molar-refractivity contribution in [1.82, 2.24) is 4.57 Å². The summed E-state index contributed by atoms with van der Waals surface area (Å²) in [5.74, 6) is -0.372. The minimum absolute atomic E-state index is 0.250. The lowest BCUT2D eigenvalue weighted by molar-refractivity contribution is 0.102. The lowest BCUT2D eigenvalue weighted by atomic mass is 10.1. The Morgan fingerprint density at radius 2 is 2.00 bits per heavy atom. The molecule has 0 atom stereocenters. The van der Waals surface area contributed by atoms with Crippen molar-refractivity contribution in [3.05, 3.63) is 64.1 Å². The van der Waals surface area contributed by atoms with E-state index >= 15 is 0 Å². The van der Waals surface area contributed by atoms with Crippen molar-refractivity contribution < 1.29 is 10.0 Å². The molecule has 0 spiro atoms. The van der Waals surface area contributed by atoms with Gasteiger partial charge in [-0.15, -0.1) is 0 Å². The second-order valence-corrected chi connectivity index (χ2v) is 4.58. The van der Waals surface area contributed by atoms with Crippen molar-refractivity contribution in [1.29, 1.82) is 0 Å². The maximum absolute atomic E-state index is 12.1. The zero-order chi connectivity index (χ0) is 15.4. The lowest BCUT2D eigenvalue weighted by Gasteiger charge is -2.07. The van der Waals surface area contributed by atoms with E-state index < -0.39 is 0 Å². The molecule has 0 radical (unpaired) electrons. The van der Waals surface area contributed by atoms with Crippen LogP contribution in [-0.2, 0) is 7.05 Å². The molecule has 2 aromatic rings. The average Bonchev–Trinajstić information content (AvgIpc) is 2.49. The Labute approximate surface area is 121 Å². The van der Waals surface area contributed by atoms with E-state index in [0.29, 0.717) is 17.0 Å². The molecule has 108 valence electrons. The first kappa shape index (κ1) is 14.5. The van der Waals surface area contributed by atoms with Crippen molar-refractivity contribution in [2.75, 3.05) is 5.32 Å². The van der Waals surface area contributed by atoms with Crippen LogP contribution in [0.2, 0.25) is 0 Å². The van der Waals surface area contributed by atoms with Gasteiger partial charge in [-0.1, -0.05) is 17.3 Å². The Balaban J connectivity index is 2.23. The quantitative estimate of drug-likeness (QED) is 0.512. The maximum Gasteiger partial charge on any atom is 0.255 e. The van der Waals surface area contributed by atoms with Gasteiger partial charge in [0.05, 0.1) is 5.71 Å². The van der Waals surface area contributed by atoms with Crippen molar-refractivity contribution in [3.63, 3.8) is 0 Å². The number of nitrogens with zero attached hydrogens (tertiary/aromatic N) is 2. The molecule has 2 N–H and O–H groups in total. The van der Waals surface area contributed by atoms with Gasteiger partial charge in [-0.2, -0.15) is 0 Å². The summed E-state index contributed by atoms with van der Waals surface area (Å²) in [4.78, 5) is 23.6. The highest BCUT2D eigenvalue weighted by Gasteiger charge is 2.08. The minimum Gasteiger partial charge on any atom is -0.411 e. The number of aromatic nitrogens is 1. The molecule has 1 aromatic heterocycles. The van der Waals surface area contributed by atoms with Crippen LogP contribution in [0.4, 0.5) is 5.69 Å². The van der Waals surface area contributed by atoms with Crippen LogP contribution in [0.5, 0.6) is 0 Å². The van der Waals surface area contributed by atoms with E-state index in [1.54, 1.807) is 44.3 Å². The number of oxime groups is 1. The molecule has 0 saturated carbocycles. The zero-order valence-corrected chi connectivity index (χ0v) is 11.7. The SMILES string of the molecule is C/C(=N/O)c1cccc(NC(=O)c2ccn(C)c(=O)c2)c1. The Kier molecular flexibility index (Phi) is 4.18. The largest absolute Gasteiger partial charge is 0.411 e. The summed E-state index contributed by atoms with van der Waals surface area (Å²) in [5, 5.41) is 14.6. The number of carbonyl (C=O) groups excluding carboxylic acids is 1. The molecule has 1 amide bonds. The molecular formula is C15H15N3O3. The van der Waals surface area contributed by atoms with Crippen molar-refractivity contribution in [2.45, 2.75) is 6.92 Å². The Morgan fingerprint density at radius 1 is 1.24 bits per heavy atom. The van der Waals surface area contributed by atoms with Gasteiger partial charge in [-0.05, 0) is 25.1 Å². The number of hydrogen-bond acceptors (Lipinski definition) is 4. The number of hydrogen-bond donors (Lipinski definition) is 2. The molecule has 0 aliphatic heterocycles. The number of anilines is 1. The highest BCUT2D eigenvalue weighted by molar-refractivity contribution is 6.05. The predicted molar refractivity (Wildman–Crippen MR) is 80.1 cm³/mol. The van der Waals surface area contributed by atoms with E-state index in [2.05, 4.69) is 10.5 Å². The van der Waals surface area contributed by atoms with Crippen molar-refractivity contribution >= 4 is 17.3 Å². The smallest absolute Gasteiger partial charge is 0.255 e. The molecule has 21 heavy (non-hydrogen) atoms. The third kappa shape index (κ3) is 3.36. The molecule has 6 nitrogen and oxygen atoms in total. The van der Waals surface area contributed by atoms with Crippen LogP contribution >= 0.6 is 0 Å². The summed E-state index contributed by atoms with van der Waals surface area (Å²) in [6, 6.07) is 9.76. The van der Waals surface area contributed by atoms with E-state index in [4.69, 9.17) is 5.21 Å². The van der Waals surface area contributed by atoms with Crippen molar-refractivity contribution in [3.8, 4) is 0 Å². The van der Waals surface area contributed by atoms with E-state index in [0.717, 1.165) is 0 Å². The topological polar surface area (TPSA) is 83.7 Å². The number of benzene rings is 1. The fourth-order valence-electron chi connectivity index (χ4n) is 1.77. The number of nitrogens with one attached hydrogen (secondary N) is 1. The first-order chi connectivity index (χ1) is 10.0. The van der Waals surface area contributed by atoms with E-state index in [9.17, 15) is 9.59 Å². The molecule has 1 aromatic carbocycles. The van der Waals surface area contributed by atoms with Gasteiger partial charge in [-0.3, -0.25) is 9.59 Å². The van der Waals surface area contributed by atoms with Gasteiger partial charge in [0.25, 0.3) is 11.5 Å². The molecule has 6 heteroatoms. The summed E-state index contributed by atoms with van der Waals surface area (Å²) >= 11 is 0. The maximum atomic E-state index is 12.1. The normalized spacial score (nSPS) is 11.2. The Hall–Kier alpha value is -2.89. The summed E-state index contributed by atoms with van der Waals surface area (Å²) in [5.41, 5.74) is 1.73. The van der Waals surface area contributed by atoms with Gasteiger partial charge in [0.1, 0.15) is 0 Å². The molecule has 0 fully saturated rings. The van der Waals surface area contributed by atoms with Crippen LogP contribution < -0.4 is 10.9 Å². The highest BCUT2D eigenvalue weighted by atomic mass is 16.4. The van der Waals surface area contributed by atoms with Gasteiger partial charge in [0.15, 0.2) is 0 Å². The minimum atomic E-state index is -0.372. The monoisotopic (exact) mass is 285 g/mol. The van der Waals surface area contributed by atoms with E-state index in [1.807, 2.05) is 0 Å². The number of pyridine rings is 1. The molecule has 0 aliphatic rings. The molecular weight excluding hydrogens is 270 g/mol. The lowest BCUT2D eigenvalue weighted by Crippen LogP contribution is -2.20. The third-order valence-electron chi connectivity index (χ3n) is 3.05. The fraction of sp³-hybridized carbons (Fsp3) is 0.133. The van der Waals surface area contributed by atoms with Gasteiger partial charge < -0.3 is 15.1 Å². The van der Waals surface area contributed by atoms with Gasteiger partial charge in [0.2, 0.25) is 0 Å². The molecule has 2 rings (SSSR count). The van der Waals surface area contributed by atoms with Gasteiger partial charge in [-0.25, -0.2) is 0 Å². The molecule has 0 aliphatic carbocycles. The van der Waals surface area contributed by atoms with E-state index in [-0.39, 0.29) is 17.0 Å². The summed E-state index contributed by atoms with van der Waals surface area (Å²) < 4.78 is 1.39. The van der Waals surface area contributed by atoms with E-state index in [1.165, 1.54) is 16.8 Å². The van der Waals surface area contributed by atoms with Crippen LogP contribution in [-0.4, -0.2) is 21.4 Å². The summed E-state index contributed by atoms with van der Waals surface area (Å²) in [6.07, 6.45) is 1.54. The van der Waals surface area contributed by atoms with Crippen LogP contribution in [0.25, 0.3) is 0 Å². The van der Waals surface area contributed by atoms with Crippen LogP contribution in [0, 0.1) is 0 Å². The van der Waals surface area contributed by atoms with Crippen LogP contribution in [0.15, 0.2) is 52.5 Å². The summed E-state index contributed by atoms with van der Waals surface area (Å²) in [7, 11) is 1.62. The summed E-state index contributed by atoms with van der Waals surface area (Å²) in [6.45, 7) is 1.65. The van der Waals surface area contributed by atoms with Crippen LogP contribution in [0.1, 0.15) is 22.8 Å². The predicted octanol–water partition coefficient (Wildman–Crippen LogP) is 1.84. The Morgan fingerprint density at radius 3 is 2.67 bits per heavy atom. The first-order valence-corrected chi connectivity index (χ1v) is 6.28. The molecule has 0 bridgehead atoms.